The van der Waals surface area contributed by atoms with Gasteiger partial charge in [-0.3, -0.25) is 4.79 Å². The summed E-state index contributed by atoms with van der Waals surface area (Å²) in [6.45, 7) is 0.489. The van der Waals surface area contributed by atoms with Crippen molar-refractivity contribution in [2.75, 3.05) is 24.5 Å². The second kappa shape index (κ2) is 8.64. The van der Waals surface area contributed by atoms with Crippen molar-refractivity contribution in [2.45, 2.75) is 60.0 Å². The van der Waals surface area contributed by atoms with Gasteiger partial charge in [0.1, 0.15) is 5.54 Å². The molecule has 7 nitrogen and oxygen atoms in total. The lowest BCUT2D eigenvalue weighted by Crippen LogP contribution is -2.45. The lowest BCUT2D eigenvalue weighted by Gasteiger charge is -2.34. The number of piperidine rings is 1. The Hall–Kier alpha value is -2.03. The highest BCUT2D eigenvalue weighted by molar-refractivity contribution is 7.92. The monoisotopic (exact) mass is 504 g/mol. The topological polar surface area (TPSA) is 102 Å². The second-order valence-corrected chi connectivity index (χ2v) is 11.6. The summed E-state index contributed by atoms with van der Waals surface area (Å²) < 4.78 is 65.0. The summed E-state index contributed by atoms with van der Waals surface area (Å²) in [6, 6.07) is 5.76. The van der Waals surface area contributed by atoms with Crippen LogP contribution >= 0.6 is 11.6 Å². The molecule has 1 saturated carbocycles. The van der Waals surface area contributed by atoms with Crippen LogP contribution in [0.4, 0.5) is 18.9 Å². The molecule has 33 heavy (non-hydrogen) atoms. The molecule has 2 N–H and O–H groups in total. The van der Waals surface area contributed by atoms with Crippen molar-refractivity contribution >= 4 is 33.0 Å². The van der Waals surface area contributed by atoms with Gasteiger partial charge >= 0.3 is 6.18 Å². The van der Waals surface area contributed by atoms with E-state index in [1.54, 1.807) is 11.0 Å². The summed E-state index contributed by atoms with van der Waals surface area (Å²) in [6.07, 6.45) is -3.03. The number of rotatable bonds is 5. The van der Waals surface area contributed by atoms with Crippen molar-refractivity contribution < 1.29 is 26.4 Å². The van der Waals surface area contributed by atoms with Gasteiger partial charge in [0.25, 0.3) is 0 Å². The van der Waals surface area contributed by atoms with Crippen molar-refractivity contribution in [1.29, 1.82) is 5.26 Å². The number of nitriles is 1. The summed E-state index contributed by atoms with van der Waals surface area (Å²) >= 11 is 6.30. The summed E-state index contributed by atoms with van der Waals surface area (Å²) in [5.41, 5.74) is -0.253. The predicted molar refractivity (Wildman–Crippen MR) is 116 cm³/mol. The van der Waals surface area contributed by atoms with Gasteiger partial charge in [-0.05, 0) is 50.3 Å². The number of sulfone groups is 1. The third-order valence-corrected chi connectivity index (χ3v) is 9.35. The van der Waals surface area contributed by atoms with Crippen LogP contribution in [0.1, 0.15) is 32.1 Å². The minimum absolute atomic E-state index is 0.000222. The smallest absolute Gasteiger partial charge is 0.371 e. The molecule has 2 atom stereocenters. The van der Waals surface area contributed by atoms with E-state index in [1.807, 2.05) is 0 Å². The molecule has 3 fully saturated rings. The van der Waals surface area contributed by atoms with Crippen molar-refractivity contribution in [1.82, 2.24) is 10.6 Å². The van der Waals surface area contributed by atoms with Gasteiger partial charge in [-0.2, -0.15) is 18.4 Å². The third-order valence-electron chi connectivity index (χ3n) is 6.72. The second-order valence-electron chi connectivity index (χ2n) is 8.96. The largest absolute Gasteiger partial charge is 0.391 e. The Morgan fingerprint density at radius 2 is 1.94 bits per heavy atom. The first-order valence-corrected chi connectivity index (χ1v) is 12.7. The molecule has 1 aromatic carbocycles. The van der Waals surface area contributed by atoms with Gasteiger partial charge in [-0.1, -0.05) is 11.6 Å². The number of nitrogens with one attached hydrogen (secondary N) is 2. The van der Waals surface area contributed by atoms with Gasteiger partial charge in [0.15, 0.2) is 9.84 Å². The van der Waals surface area contributed by atoms with Crippen LogP contribution in [-0.4, -0.2) is 57.0 Å². The highest BCUT2D eigenvalue weighted by atomic mass is 35.5. The fourth-order valence-electron chi connectivity index (χ4n) is 4.41. The van der Waals surface area contributed by atoms with Crippen molar-refractivity contribution in [3.05, 3.63) is 23.2 Å². The molecule has 12 heteroatoms. The minimum atomic E-state index is -4.21. The number of benzene rings is 1. The molecule has 1 amide bonds. The van der Waals surface area contributed by atoms with E-state index < -0.39 is 44.7 Å². The molecule has 0 radical (unpaired) electrons. The average molecular weight is 505 g/mol. The van der Waals surface area contributed by atoms with E-state index in [4.69, 9.17) is 16.9 Å². The first kappa shape index (κ1) is 24.1. The molecule has 0 bridgehead atoms. The van der Waals surface area contributed by atoms with Crippen LogP contribution in [-0.2, 0) is 14.6 Å². The number of alkyl halides is 3. The maximum atomic E-state index is 13.2. The average Bonchev–Trinajstić information content (AvgIpc) is 3.34. The molecule has 4 rings (SSSR count). The highest BCUT2D eigenvalue weighted by Crippen LogP contribution is 2.38. The summed E-state index contributed by atoms with van der Waals surface area (Å²) in [5.74, 6) is -1.72. The van der Waals surface area contributed by atoms with Crippen molar-refractivity contribution in [3.8, 4) is 6.07 Å². The Morgan fingerprint density at radius 1 is 1.27 bits per heavy atom. The lowest BCUT2D eigenvalue weighted by molar-refractivity contribution is -0.179. The maximum Gasteiger partial charge on any atom is 0.391 e. The summed E-state index contributed by atoms with van der Waals surface area (Å²) in [4.78, 5) is 14.1. The van der Waals surface area contributed by atoms with Crippen molar-refractivity contribution in [2.24, 2.45) is 5.92 Å². The highest BCUT2D eigenvalue weighted by Gasteiger charge is 2.47. The van der Waals surface area contributed by atoms with Crippen LogP contribution in [0.3, 0.4) is 0 Å². The number of nitrogens with zero attached hydrogens (tertiary/aromatic N) is 2. The quantitative estimate of drug-likeness (QED) is 0.639. The van der Waals surface area contributed by atoms with Crippen LogP contribution < -0.4 is 15.5 Å². The van der Waals surface area contributed by atoms with Crippen molar-refractivity contribution in [3.63, 3.8) is 0 Å². The molecular weight excluding hydrogens is 481 g/mol. The number of anilines is 1. The van der Waals surface area contributed by atoms with Gasteiger partial charge in [0, 0.05) is 25.3 Å². The molecule has 0 aromatic heterocycles. The molecule has 2 heterocycles. The lowest BCUT2D eigenvalue weighted by atomic mass is 9.96. The van der Waals surface area contributed by atoms with Crippen LogP contribution in [0.15, 0.2) is 23.1 Å². The number of halogens is 4. The van der Waals surface area contributed by atoms with E-state index in [0.29, 0.717) is 18.5 Å². The van der Waals surface area contributed by atoms with Gasteiger partial charge in [-0.25, -0.2) is 8.42 Å². The van der Waals surface area contributed by atoms with Crippen LogP contribution in [0.5, 0.6) is 0 Å². The molecule has 0 spiro atoms. The fraction of sp³-hybridized carbons (Fsp3) is 0.619. The Labute approximate surface area is 195 Å². The molecular formula is C21H24ClF3N4O3S. The van der Waals surface area contributed by atoms with E-state index in [0.717, 1.165) is 0 Å². The van der Waals surface area contributed by atoms with Crippen LogP contribution in [0, 0.1) is 17.2 Å². The standard InChI is InChI=1S/C21H24ClF3N4O3S/c22-16-9-14(29-7-3-13(4-8-29)21(23,24)25)1-2-18(16)33(31,32)15-10-17(27-11-15)19(30)28-20(12-26)5-6-20/h1-2,9,13,15,17,27H,3-8,10-11H2,(H,28,30). The molecule has 1 aromatic rings. The molecule has 3 aliphatic rings. The van der Waals surface area contributed by atoms with E-state index in [9.17, 15) is 26.4 Å². The number of hydrogen-bond acceptors (Lipinski definition) is 6. The van der Waals surface area contributed by atoms with E-state index >= 15 is 0 Å². The van der Waals surface area contributed by atoms with E-state index in [2.05, 4.69) is 16.7 Å². The maximum absolute atomic E-state index is 13.2. The third kappa shape index (κ3) is 4.93. The Balaban J connectivity index is 1.41. The Morgan fingerprint density at radius 3 is 2.48 bits per heavy atom. The van der Waals surface area contributed by atoms with Gasteiger partial charge < -0.3 is 15.5 Å². The van der Waals surface area contributed by atoms with Crippen LogP contribution in [0.2, 0.25) is 5.02 Å². The normalized spacial score (nSPS) is 25.5. The molecule has 2 aliphatic heterocycles. The first-order valence-electron chi connectivity index (χ1n) is 10.8. The first-order chi connectivity index (χ1) is 15.4. The number of amides is 1. The Kier molecular flexibility index (Phi) is 6.31. The zero-order valence-corrected chi connectivity index (χ0v) is 19.2. The molecule has 2 unspecified atom stereocenters. The molecule has 180 valence electrons. The SMILES string of the molecule is N#CC1(NC(=O)C2CC(S(=O)(=O)c3ccc(N4CCC(C(F)(F)F)CC4)cc3Cl)CN2)CC1. The minimum Gasteiger partial charge on any atom is -0.371 e. The van der Waals surface area contributed by atoms with E-state index in [1.165, 1.54) is 12.1 Å². The number of hydrogen-bond donors (Lipinski definition) is 2. The summed E-state index contributed by atoms with van der Waals surface area (Å²) in [7, 11) is -3.85. The fourth-order valence-corrected chi connectivity index (χ4v) is 6.62. The van der Waals surface area contributed by atoms with E-state index in [-0.39, 0.29) is 48.8 Å². The molecule has 1 aliphatic carbocycles. The zero-order chi connectivity index (χ0) is 24.0. The summed E-state index contributed by atoms with van der Waals surface area (Å²) in [5, 5.41) is 13.9. The predicted octanol–water partition coefficient (Wildman–Crippen LogP) is 2.80. The number of carbonyl (C=O) groups excluding carboxylic acids is 1. The van der Waals surface area contributed by atoms with Gasteiger partial charge in [0.2, 0.25) is 5.91 Å². The molecule has 2 saturated heterocycles. The van der Waals surface area contributed by atoms with Gasteiger partial charge in [-0.15, -0.1) is 0 Å². The van der Waals surface area contributed by atoms with Gasteiger partial charge in [0.05, 0.1) is 33.2 Å². The Bertz CT molecular complexity index is 1080. The van der Waals surface area contributed by atoms with Crippen LogP contribution in [0.25, 0.3) is 0 Å². The zero-order valence-electron chi connectivity index (χ0n) is 17.7. The number of carbonyl (C=O) groups is 1.